The number of nitrogen functional groups attached to an aromatic ring is 1. The molecule has 0 atom stereocenters. The molecule has 7 heteroatoms. The van der Waals surface area contributed by atoms with Gasteiger partial charge in [0.05, 0.1) is 16.8 Å². The first kappa shape index (κ1) is 17.3. The van der Waals surface area contributed by atoms with Crippen LogP contribution in [0.4, 0.5) is 17.3 Å². The number of fused-ring (bicyclic) bond motifs is 2. The lowest BCUT2D eigenvalue weighted by Gasteiger charge is -2.35. The second-order valence-electron chi connectivity index (χ2n) is 7.43. The van der Waals surface area contributed by atoms with Gasteiger partial charge in [-0.15, -0.1) is 0 Å². The van der Waals surface area contributed by atoms with E-state index in [1.54, 1.807) is 0 Å². The molecule has 0 unspecified atom stereocenters. The summed E-state index contributed by atoms with van der Waals surface area (Å²) in [5.74, 6) is 0.882. The van der Waals surface area contributed by atoms with Gasteiger partial charge in [-0.05, 0) is 38.3 Å². The van der Waals surface area contributed by atoms with Crippen LogP contribution in [-0.2, 0) is 5.54 Å². The normalized spacial score (nSPS) is 17.3. The summed E-state index contributed by atoms with van der Waals surface area (Å²) in [6.45, 7) is 3.74. The number of nitrogens with zero attached hydrogens (tertiary/aromatic N) is 3. The summed E-state index contributed by atoms with van der Waals surface area (Å²) >= 11 is 0. The number of hydrogen-bond acceptors (Lipinski definition) is 6. The lowest BCUT2D eigenvalue weighted by molar-refractivity contribution is 0.0909. The average molecular weight is 362 g/mol. The summed E-state index contributed by atoms with van der Waals surface area (Å²) in [6.07, 6.45) is 6.37. The van der Waals surface area contributed by atoms with E-state index in [2.05, 4.69) is 26.7 Å². The van der Waals surface area contributed by atoms with E-state index in [1.807, 2.05) is 19.9 Å². The Morgan fingerprint density at radius 3 is 2.70 bits per heavy atom. The maximum atomic E-state index is 12.7. The maximum Gasteiger partial charge on any atom is 0.252 e. The quantitative estimate of drug-likeness (QED) is 0.755. The zero-order valence-electron chi connectivity index (χ0n) is 15.5. The molecule has 27 heavy (non-hydrogen) atoms. The Kier molecular flexibility index (Phi) is 3.99. The molecule has 2 heterocycles. The van der Waals surface area contributed by atoms with Gasteiger partial charge in [0.25, 0.3) is 5.91 Å². The van der Waals surface area contributed by atoms with Crippen molar-refractivity contribution in [1.82, 2.24) is 15.3 Å². The molecule has 1 saturated carbocycles. The predicted octanol–water partition coefficient (Wildman–Crippen LogP) is 3.19. The number of aryl methyl sites for hydroxylation is 1. The molecule has 0 radical (unpaired) electrons. The molecule has 7 nitrogen and oxygen atoms in total. The van der Waals surface area contributed by atoms with E-state index in [9.17, 15) is 10.1 Å². The topological polar surface area (TPSA) is 117 Å². The van der Waals surface area contributed by atoms with Crippen LogP contribution < -0.4 is 16.4 Å². The Morgan fingerprint density at radius 2 is 2.00 bits per heavy atom. The predicted molar refractivity (Wildman–Crippen MR) is 103 cm³/mol. The molecular weight excluding hydrogens is 340 g/mol. The van der Waals surface area contributed by atoms with Crippen molar-refractivity contribution in [3.05, 3.63) is 40.2 Å². The van der Waals surface area contributed by atoms with Crippen LogP contribution in [0.25, 0.3) is 0 Å². The lowest BCUT2D eigenvalue weighted by atomic mass is 9.75. The number of nitrogens with two attached hydrogens (primary N) is 1. The van der Waals surface area contributed by atoms with Gasteiger partial charge in [0.15, 0.2) is 0 Å². The van der Waals surface area contributed by atoms with Gasteiger partial charge in [-0.1, -0.05) is 19.3 Å². The number of benzene rings is 1. The molecular formula is C20H22N6O. The Balaban J connectivity index is 1.90. The minimum atomic E-state index is -0.433. The summed E-state index contributed by atoms with van der Waals surface area (Å²) in [6, 6.07) is 4.18. The van der Waals surface area contributed by atoms with E-state index in [4.69, 9.17) is 5.73 Å². The van der Waals surface area contributed by atoms with E-state index < -0.39 is 5.54 Å². The van der Waals surface area contributed by atoms with E-state index in [-0.39, 0.29) is 5.91 Å². The molecule has 0 saturated heterocycles. The van der Waals surface area contributed by atoms with Gasteiger partial charge >= 0.3 is 0 Å². The van der Waals surface area contributed by atoms with Crippen LogP contribution in [-0.4, -0.2) is 15.9 Å². The number of nitriles is 1. The third kappa shape index (κ3) is 2.60. The fourth-order valence-corrected chi connectivity index (χ4v) is 4.39. The van der Waals surface area contributed by atoms with Crippen LogP contribution in [0, 0.1) is 25.2 Å². The molecule has 2 aromatic rings. The minimum absolute atomic E-state index is 0.0742. The first-order valence-electron chi connectivity index (χ1n) is 9.21. The average Bonchev–Trinajstić information content (AvgIpc) is 2.92. The molecule has 1 amide bonds. The highest BCUT2D eigenvalue weighted by Gasteiger charge is 2.46. The third-order valence-electron chi connectivity index (χ3n) is 5.78. The van der Waals surface area contributed by atoms with Gasteiger partial charge in [-0.25, -0.2) is 9.97 Å². The van der Waals surface area contributed by atoms with Crippen molar-refractivity contribution in [1.29, 1.82) is 5.26 Å². The van der Waals surface area contributed by atoms with E-state index in [0.717, 1.165) is 48.8 Å². The van der Waals surface area contributed by atoms with Crippen molar-refractivity contribution in [2.45, 2.75) is 51.5 Å². The Bertz CT molecular complexity index is 985. The molecule has 1 aromatic carbocycles. The number of nitrogens with one attached hydrogen (secondary N) is 2. The standard InChI is InChI=1S/C20H22N6O/c1-11-8-14(25-18-12(2)17(22)23-10-24-18)13(9-21)16-15(11)19(27)26-20(16)6-4-3-5-7-20/h8,10H,3-7H2,1-2H3,(H,26,27)(H3,22,23,24,25). The highest BCUT2D eigenvalue weighted by atomic mass is 16.2. The molecule has 1 spiro atoms. The van der Waals surface area contributed by atoms with Crippen molar-refractivity contribution >= 4 is 23.2 Å². The van der Waals surface area contributed by atoms with E-state index in [0.29, 0.717) is 28.5 Å². The van der Waals surface area contributed by atoms with Crippen molar-refractivity contribution in [3.8, 4) is 6.07 Å². The number of carbonyl (C=O) groups excluding carboxylic acids is 1. The Labute approximate surface area is 158 Å². The van der Waals surface area contributed by atoms with Gasteiger partial charge < -0.3 is 16.4 Å². The number of hydrogen-bond donors (Lipinski definition) is 3. The second kappa shape index (κ2) is 6.23. The Morgan fingerprint density at radius 1 is 1.26 bits per heavy atom. The van der Waals surface area contributed by atoms with Gasteiger partial charge in [0.2, 0.25) is 0 Å². The van der Waals surface area contributed by atoms with Gasteiger partial charge in [-0.2, -0.15) is 5.26 Å². The van der Waals surface area contributed by atoms with Crippen LogP contribution in [0.3, 0.4) is 0 Å². The summed E-state index contributed by atoms with van der Waals surface area (Å²) in [7, 11) is 0. The summed E-state index contributed by atoms with van der Waals surface area (Å²) in [5.41, 5.74) is 9.68. The minimum Gasteiger partial charge on any atom is -0.383 e. The smallest absolute Gasteiger partial charge is 0.252 e. The van der Waals surface area contributed by atoms with E-state index in [1.165, 1.54) is 6.33 Å². The lowest BCUT2D eigenvalue weighted by Crippen LogP contribution is -2.41. The largest absolute Gasteiger partial charge is 0.383 e. The second-order valence-corrected chi connectivity index (χ2v) is 7.43. The first-order chi connectivity index (χ1) is 13.0. The van der Waals surface area contributed by atoms with Gasteiger partial charge in [-0.3, -0.25) is 4.79 Å². The number of aromatic nitrogens is 2. The van der Waals surface area contributed by atoms with Crippen LogP contribution in [0.15, 0.2) is 12.4 Å². The zero-order chi connectivity index (χ0) is 19.2. The zero-order valence-corrected chi connectivity index (χ0v) is 15.5. The molecule has 2 aliphatic rings. The van der Waals surface area contributed by atoms with E-state index >= 15 is 0 Å². The number of anilines is 3. The Hall–Kier alpha value is -3.14. The van der Waals surface area contributed by atoms with Crippen LogP contribution in [0.5, 0.6) is 0 Å². The number of carbonyl (C=O) groups is 1. The molecule has 4 rings (SSSR count). The molecule has 1 aromatic heterocycles. The molecule has 1 aliphatic heterocycles. The van der Waals surface area contributed by atoms with Crippen LogP contribution in [0.2, 0.25) is 0 Å². The highest BCUT2D eigenvalue weighted by molar-refractivity contribution is 6.03. The summed E-state index contributed by atoms with van der Waals surface area (Å²) < 4.78 is 0. The van der Waals surface area contributed by atoms with Gasteiger partial charge in [0, 0.05) is 16.7 Å². The fraction of sp³-hybridized carbons (Fsp3) is 0.400. The van der Waals surface area contributed by atoms with Crippen LogP contribution >= 0.6 is 0 Å². The molecule has 1 fully saturated rings. The number of rotatable bonds is 2. The van der Waals surface area contributed by atoms with Crippen molar-refractivity contribution in [2.75, 3.05) is 11.1 Å². The molecule has 1 aliphatic carbocycles. The molecule has 4 N–H and O–H groups in total. The van der Waals surface area contributed by atoms with Crippen LogP contribution in [0.1, 0.15) is 64.7 Å². The third-order valence-corrected chi connectivity index (χ3v) is 5.78. The van der Waals surface area contributed by atoms with Gasteiger partial charge in [0.1, 0.15) is 24.0 Å². The SMILES string of the molecule is Cc1cc(Nc2ncnc(N)c2C)c(C#N)c2c1C(=O)NC21CCCCC1. The van der Waals surface area contributed by atoms with Crippen molar-refractivity contribution < 1.29 is 4.79 Å². The van der Waals surface area contributed by atoms with Crippen molar-refractivity contribution in [2.24, 2.45) is 0 Å². The van der Waals surface area contributed by atoms with Crippen molar-refractivity contribution in [3.63, 3.8) is 0 Å². The number of amides is 1. The molecule has 138 valence electrons. The fourth-order valence-electron chi connectivity index (χ4n) is 4.39. The summed E-state index contributed by atoms with van der Waals surface area (Å²) in [5, 5.41) is 16.4. The highest BCUT2D eigenvalue weighted by Crippen LogP contribution is 2.47. The molecule has 0 bridgehead atoms. The monoisotopic (exact) mass is 362 g/mol. The summed E-state index contributed by atoms with van der Waals surface area (Å²) in [4.78, 5) is 21.0. The maximum absolute atomic E-state index is 12.7. The first-order valence-corrected chi connectivity index (χ1v) is 9.21.